The highest BCUT2D eigenvalue weighted by atomic mass is 19.1. The van der Waals surface area contributed by atoms with Crippen molar-refractivity contribution in [3.05, 3.63) is 35.4 Å². The molecule has 0 heterocycles. The fourth-order valence-corrected chi connectivity index (χ4v) is 0.885. The summed E-state index contributed by atoms with van der Waals surface area (Å²) >= 11 is 0. The van der Waals surface area contributed by atoms with E-state index in [4.69, 9.17) is 10.8 Å². The van der Waals surface area contributed by atoms with E-state index in [1.165, 1.54) is 6.08 Å². The zero-order valence-electron chi connectivity index (χ0n) is 6.80. The lowest BCUT2D eigenvalue weighted by atomic mass is 10.2. The third-order valence-electron chi connectivity index (χ3n) is 1.49. The van der Waals surface area contributed by atoms with Crippen LogP contribution >= 0.6 is 0 Å². The first-order chi connectivity index (χ1) is 6.15. The van der Waals surface area contributed by atoms with Crippen LogP contribution in [0.3, 0.4) is 0 Å². The second kappa shape index (κ2) is 4.00. The molecule has 0 aromatic heterocycles. The Hall–Kier alpha value is -1.42. The molecule has 1 aromatic rings. The van der Waals surface area contributed by atoms with Crippen molar-refractivity contribution in [1.29, 1.82) is 0 Å². The number of phenols is 1. The van der Waals surface area contributed by atoms with Gasteiger partial charge in [-0.15, -0.1) is 0 Å². The van der Waals surface area contributed by atoms with Crippen LogP contribution in [-0.4, -0.2) is 11.7 Å². The van der Waals surface area contributed by atoms with Gasteiger partial charge in [0.15, 0.2) is 17.4 Å². The van der Waals surface area contributed by atoms with Gasteiger partial charge in [-0.05, 0) is 17.7 Å². The van der Waals surface area contributed by atoms with Gasteiger partial charge in [0, 0.05) is 6.54 Å². The summed E-state index contributed by atoms with van der Waals surface area (Å²) in [6.45, 7) is 0.296. The maximum Gasteiger partial charge on any atom is 0.187 e. The molecule has 0 saturated carbocycles. The monoisotopic (exact) mass is 185 g/mol. The lowest BCUT2D eigenvalue weighted by Gasteiger charge is -1.98. The smallest absolute Gasteiger partial charge is 0.187 e. The van der Waals surface area contributed by atoms with Crippen LogP contribution in [0.5, 0.6) is 5.75 Å². The van der Waals surface area contributed by atoms with Crippen LogP contribution in [0.2, 0.25) is 0 Å². The number of hydrogen-bond donors (Lipinski definition) is 2. The topological polar surface area (TPSA) is 46.2 Å². The largest absolute Gasteiger partial charge is 0.503 e. The van der Waals surface area contributed by atoms with Crippen LogP contribution in [0.1, 0.15) is 5.56 Å². The number of phenolic OH excluding ortho intramolecular Hbond substituents is 1. The van der Waals surface area contributed by atoms with E-state index in [9.17, 15) is 8.78 Å². The van der Waals surface area contributed by atoms with Crippen LogP contribution in [0.4, 0.5) is 8.78 Å². The summed E-state index contributed by atoms with van der Waals surface area (Å²) in [7, 11) is 0. The molecule has 0 saturated heterocycles. The second-order valence-electron chi connectivity index (χ2n) is 2.47. The van der Waals surface area contributed by atoms with Crippen molar-refractivity contribution >= 4 is 6.08 Å². The minimum Gasteiger partial charge on any atom is -0.503 e. The van der Waals surface area contributed by atoms with E-state index in [0.29, 0.717) is 12.1 Å². The third-order valence-corrected chi connectivity index (χ3v) is 1.49. The van der Waals surface area contributed by atoms with Gasteiger partial charge in [-0.3, -0.25) is 0 Å². The van der Waals surface area contributed by atoms with E-state index in [0.717, 1.165) is 12.1 Å². The van der Waals surface area contributed by atoms with E-state index < -0.39 is 17.4 Å². The molecule has 4 heteroatoms. The normalized spacial score (nSPS) is 11.0. The maximum absolute atomic E-state index is 12.7. The highest BCUT2D eigenvalue weighted by Crippen LogP contribution is 2.21. The Labute approximate surface area is 74.3 Å². The van der Waals surface area contributed by atoms with Crippen molar-refractivity contribution in [2.24, 2.45) is 5.73 Å². The van der Waals surface area contributed by atoms with Crippen molar-refractivity contribution in [2.75, 3.05) is 6.54 Å². The average molecular weight is 185 g/mol. The predicted molar refractivity (Wildman–Crippen MR) is 46.1 cm³/mol. The van der Waals surface area contributed by atoms with Gasteiger partial charge in [0.1, 0.15) is 0 Å². The summed E-state index contributed by atoms with van der Waals surface area (Å²) in [5, 5.41) is 8.76. The van der Waals surface area contributed by atoms with Crippen LogP contribution in [0, 0.1) is 11.6 Å². The zero-order valence-corrected chi connectivity index (χ0v) is 6.80. The molecule has 0 aliphatic heterocycles. The van der Waals surface area contributed by atoms with Crippen LogP contribution in [0.25, 0.3) is 6.08 Å². The molecule has 0 aliphatic rings. The van der Waals surface area contributed by atoms with Gasteiger partial charge in [0.25, 0.3) is 0 Å². The first kappa shape index (κ1) is 9.67. The molecular weight excluding hydrogens is 176 g/mol. The van der Waals surface area contributed by atoms with E-state index in [1.54, 1.807) is 6.08 Å². The van der Waals surface area contributed by atoms with Crippen LogP contribution in [0.15, 0.2) is 18.2 Å². The standard InChI is InChI=1S/C9H9F2NO/c10-7-4-6(2-1-3-12)5-8(11)9(7)13/h1-2,4-5,13H,3,12H2. The molecule has 13 heavy (non-hydrogen) atoms. The third kappa shape index (κ3) is 2.26. The fourth-order valence-electron chi connectivity index (χ4n) is 0.885. The van der Waals surface area contributed by atoms with Gasteiger partial charge in [0.2, 0.25) is 0 Å². The van der Waals surface area contributed by atoms with E-state index in [1.807, 2.05) is 0 Å². The summed E-state index contributed by atoms with van der Waals surface area (Å²) in [5.74, 6) is -2.90. The second-order valence-corrected chi connectivity index (χ2v) is 2.47. The maximum atomic E-state index is 12.7. The number of rotatable bonds is 2. The molecule has 0 unspecified atom stereocenters. The highest BCUT2D eigenvalue weighted by Gasteiger charge is 2.07. The van der Waals surface area contributed by atoms with E-state index in [2.05, 4.69) is 0 Å². The molecule has 0 fully saturated rings. The predicted octanol–water partition coefficient (Wildman–Crippen LogP) is 1.64. The quantitative estimate of drug-likeness (QED) is 0.735. The number of nitrogens with two attached hydrogens (primary N) is 1. The number of hydrogen-bond acceptors (Lipinski definition) is 2. The lowest BCUT2D eigenvalue weighted by molar-refractivity contribution is 0.396. The molecule has 3 N–H and O–H groups in total. The van der Waals surface area contributed by atoms with Crippen LogP contribution in [-0.2, 0) is 0 Å². The Morgan fingerprint density at radius 1 is 1.31 bits per heavy atom. The summed E-state index contributed by atoms with van der Waals surface area (Å²) in [6, 6.07) is 2.06. The molecule has 1 aromatic carbocycles. The number of aromatic hydroxyl groups is 1. The molecule has 1 rings (SSSR count). The Kier molecular flexibility index (Phi) is 2.97. The molecule has 0 spiro atoms. The van der Waals surface area contributed by atoms with Crippen molar-refractivity contribution < 1.29 is 13.9 Å². The SMILES string of the molecule is NCC=Cc1cc(F)c(O)c(F)c1. The fraction of sp³-hybridized carbons (Fsp3) is 0.111. The summed E-state index contributed by atoms with van der Waals surface area (Å²) < 4.78 is 25.4. The molecular formula is C9H9F2NO. The van der Waals surface area contributed by atoms with Gasteiger partial charge >= 0.3 is 0 Å². The van der Waals surface area contributed by atoms with Gasteiger partial charge in [0.05, 0.1) is 0 Å². The average Bonchev–Trinajstić information content (AvgIpc) is 2.10. The number of benzene rings is 1. The molecule has 0 radical (unpaired) electrons. The summed E-state index contributed by atoms with van der Waals surface area (Å²) in [4.78, 5) is 0. The summed E-state index contributed by atoms with van der Waals surface area (Å²) in [6.07, 6.45) is 3.04. The van der Waals surface area contributed by atoms with Gasteiger partial charge in [-0.1, -0.05) is 12.2 Å². The van der Waals surface area contributed by atoms with Gasteiger partial charge < -0.3 is 10.8 Å². The van der Waals surface area contributed by atoms with Crippen molar-refractivity contribution in [2.45, 2.75) is 0 Å². The summed E-state index contributed by atoms with van der Waals surface area (Å²) in [5.41, 5.74) is 5.49. The minimum absolute atomic E-state index is 0.296. The Morgan fingerprint density at radius 2 is 1.85 bits per heavy atom. The number of halogens is 2. The first-order valence-electron chi connectivity index (χ1n) is 3.69. The zero-order chi connectivity index (χ0) is 9.84. The Bertz CT molecular complexity index is 313. The molecule has 2 nitrogen and oxygen atoms in total. The van der Waals surface area contributed by atoms with E-state index >= 15 is 0 Å². The van der Waals surface area contributed by atoms with Gasteiger partial charge in [-0.25, -0.2) is 8.78 Å². The van der Waals surface area contributed by atoms with Crippen LogP contribution < -0.4 is 5.73 Å². The van der Waals surface area contributed by atoms with Crippen molar-refractivity contribution in [3.8, 4) is 5.75 Å². The molecule has 0 amide bonds. The van der Waals surface area contributed by atoms with Crippen molar-refractivity contribution in [1.82, 2.24) is 0 Å². The minimum atomic E-state index is -0.975. The van der Waals surface area contributed by atoms with Crippen molar-refractivity contribution in [3.63, 3.8) is 0 Å². The molecule has 0 atom stereocenters. The molecule has 70 valence electrons. The molecule has 0 aliphatic carbocycles. The lowest BCUT2D eigenvalue weighted by Crippen LogP contribution is -1.92. The van der Waals surface area contributed by atoms with Gasteiger partial charge in [-0.2, -0.15) is 0 Å². The highest BCUT2D eigenvalue weighted by molar-refractivity contribution is 5.51. The Morgan fingerprint density at radius 3 is 2.31 bits per heavy atom. The Balaban J connectivity index is 3.06. The van der Waals surface area contributed by atoms with E-state index in [-0.39, 0.29) is 0 Å². The first-order valence-corrected chi connectivity index (χ1v) is 3.69. The molecule has 0 bridgehead atoms.